The quantitative estimate of drug-likeness (QED) is 0.718. The SMILES string of the molecule is CSc1c(C)c(CO)c(CO)n1C. The van der Waals surface area contributed by atoms with Crippen molar-refractivity contribution in [2.45, 2.75) is 25.2 Å². The van der Waals surface area contributed by atoms with Gasteiger partial charge in [-0.3, -0.25) is 0 Å². The van der Waals surface area contributed by atoms with Gasteiger partial charge in [0.15, 0.2) is 0 Å². The van der Waals surface area contributed by atoms with E-state index < -0.39 is 0 Å². The first-order chi connectivity index (χ1) is 6.17. The van der Waals surface area contributed by atoms with Gasteiger partial charge in [-0.25, -0.2) is 0 Å². The minimum atomic E-state index is -0.0200. The number of aliphatic hydroxyl groups excluding tert-OH is 2. The highest BCUT2D eigenvalue weighted by molar-refractivity contribution is 7.98. The molecule has 0 aliphatic heterocycles. The highest BCUT2D eigenvalue weighted by atomic mass is 32.2. The number of hydrogen-bond donors (Lipinski definition) is 2. The Morgan fingerprint density at radius 1 is 1.31 bits per heavy atom. The van der Waals surface area contributed by atoms with E-state index in [9.17, 15) is 0 Å². The van der Waals surface area contributed by atoms with Crippen LogP contribution >= 0.6 is 11.8 Å². The van der Waals surface area contributed by atoms with Gasteiger partial charge >= 0.3 is 0 Å². The zero-order valence-electron chi connectivity index (χ0n) is 8.16. The van der Waals surface area contributed by atoms with Gasteiger partial charge in [0.25, 0.3) is 0 Å². The lowest BCUT2D eigenvalue weighted by atomic mass is 10.2. The molecule has 3 nitrogen and oxygen atoms in total. The van der Waals surface area contributed by atoms with Crippen LogP contribution in [0.5, 0.6) is 0 Å². The fourth-order valence-corrected chi connectivity index (χ4v) is 2.44. The summed E-state index contributed by atoms with van der Waals surface area (Å²) in [6, 6.07) is 0. The van der Waals surface area contributed by atoms with Crippen molar-refractivity contribution in [3.63, 3.8) is 0 Å². The molecular formula is C9H15NO2S. The first-order valence-corrected chi connectivity index (χ1v) is 5.32. The first kappa shape index (κ1) is 10.6. The van der Waals surface area contributed by atoms with E-state index in [2.05, 4.69) is 0 Å². The Labute approximate surface area is 82.4 Å². The zero-order valence-corrected chi connectivity index (χ0v) is 8.98. The topological polar surface area (TPSA) is 45.4 Å². The van der Waals surface area contributed by atoms with Gasteiger partial charge < -0.3 is 14.8 Å². The molecule has 2 N–H and O–H groups in total. The van der Waals surface area contributed by atoms with E-state index in [-0.39, 0.29) is 13.2 Å². The zero-order chi connectivity index (χ0) is 10.0. The predicted octanol–water partition coefficient (Wildman–Crippen LogP) is 1.04. The molecule has 0 amide bonds. The fraction of sp³-hybridized carbons (Fsp3) is 0.556. The summed E-state index contributed by atoms with van der Waals surface area (Å²) in [6.07, 6.45) is 1.99. The van der Waals surface area contributed by atoms with Crippen molar-refractivity contribution in [2.75, 3.05) is 6.26 Å². The van der Waals surface area contributed by atoms with Crippen molar-refractivity contribution < 1.29 is 10.2 Å². The highest BCUT2D eigenvalue weighted by Crippen LogP contribution is 2.28. The molecule has 1 aromatic heterocycles. The number of thioether (sulfide) groups is 1. The molecule has 0 saturated carbocycles. The number of aliphatic hydroxyl groups is 2. The normalized spacial score (nSPS) is 10.8. The minimum Gasteiger partial charge on any atom is -0.392 e. The van der Waals surface area contributed by atoms with Crippen LogP contribution < -0.4 is 0 Å². The van der Waals surface area contributed by atoms with Gasteiger partial charge in [-0.1, -0.05) is 0 Å². The lowest BCUT2D eigenvalue weighted by Gasteiger charge is -2.03. The number of hydrogen-bond acceptors (Lipinski definition) is 3. The predicted molar refractivity (Wildman–Crippen MR) is 53.8 cm³/mol. The fourth-order valence-electron chi connectivity index (χ4n) is 1.62. The summed E-state index contributed by atoms with van der Waals surface area (Å²) >= 11 is 1.63. The Hall–Kier alpha value is -0.450. The second-order valence-electron chi connectivity index (χ2n) is 2.93. The molecule has 0 unspecified atom stereocenters. The van der Waals surface area contributed by atoms with Gasteiger partial charge in [0.05, 0.1) is 18.2 Å². The smallest absolute Gasteiger partial charge is 0.0836 e. The Morgan fingerprint density at radius 3 is 2.23 bits per heavy atom. The van der Waals surface area contributed by atoms with Crippen molar-refractivity contribution in [3.8, 4) is 0 Å². The van der Waals surface area contributed by atoms with Gasteiger partial charge in [-0.2, -0.15) is 0 Å². The maximum Gasteiger partial charge on any atom is 0.0836 e. The van der Waals surface area contributed by atoms with Crippen LogP contribution in [0, 0.1) is 6.92 Å². The maximum absolute atomic E-state index is 9.13. The third kappa shape index (κ3) is 1.61. The largest absolute Gasteiger partial charge is 0.392 e. The lowest BCUT2D eigenvalue weighted by Crippen LogP contribution is -1.99. The van der Waals surface area contributed by atoms with E-state index in [1.165, 1.54) is 0 Å². The maximum atomic E-state index is 9.13. The Morgan fingerprint density at radius 2 is 1.92 bits per heavy atom. The molecule has 1 aromatic rings. The van der Waals surface area contributed by atoms with E-state index in [0.29, 0.717) is 0 Å². The van der Waals surface area contributed by atoms with Gasteiger partial charge in [0, 0.05) is 18.3 Å². The molecule has 0 bridgehead atoms. The summed E-state index contributed by atoms with van der Waals surface area (Å²) in [5, 5.41) is 19.4. The Balaban J connectivity index is 3.33. The summed E-state index contributed by atoms with van der Waals surface area (Å²) in [5.74, 6) is 0. The van der Waals surface area contributed by atoms with Gasteiger partial charge in [-0.05, 0) is 18.7 Å². The van der Waals surface area contributed by atoms with Crippen molar-refractivity contribution >= 4 is 11.8 Å². The van der Waals surface area contributed by atoms with Crippen molar-refractivity contribution in [3.05, 3.63) is 16.8 Å². The molecule has 13 heavy (non-hydrogen) atoms. The number of aromatic nitrogens is 1. The number of rotatable bonds is 3. The van der Waals surface area contributed by atoms with E-state index >= 15 is 0 Å². The molecule has 1 rings (SSSR count). The van der Waals surface area contributed by atoms with E-state index in [1.54, 1.807) is 11.8 Å². The molecule has 4 heteroatoms. The Bertz CT molecular complexity index is 280. The van der Waals surface area contributed by atoms with Gasteiger partial charge in [0.1, 0.15) is 0 Å². The summed E-state index contributed by atoms with van der Waals surface area (Å²) in [7, 11) is 1.91. The van der Waals surface area contributed by atoms with Gasteiger partial charge in [-0.15, -0.1) is 11.8 Å². The molecule has 0 aliphatic rings. The van der Waals surface area contributed by atoms with Crippen LogP contribution in [-0.4, -0.2) is 21.0 Å². The second-order valence-corrected chi connectivity index (χ2v) is 3.73. The Kier molecular flexibility index (Phi) is 3.41. The van der Waals surface area contributed by atoms with E-state index in [1.807, 2.05) is 24.8 Å². The van der Waals surface area contributed by atoms with Crippen molar-refractivity contribution in [1.29, 1.82) is 0 Å². The average Bonchev–Trinajstić information content (AvgIpc) is 2.36. The summed E-state index contributed by atoms with van der Waals surface area (Å²) < 4.78 is 1.94. The van der Waals surface area contributed by atoms with Crippen molar-refractivity contribution in [1.82, 2.24) is 4.57 Å². The van der Waals surface area contributed by atoms with Crippen LogP contribution in [0.25, 0.3) is 0 Å². The highest BCUT2D eigenvalue weighted by Gasteiger charge is 2.15. The molecular weight excluding hydrogens is 186 g/mol. The minimum absolute atomic E-state index is 0.00384. The van der Waals surface area contributed by atoms with E-state index in [4.69, 9.17) is 10.2 Å². The first-order valence-electron chi connectivity index (χ1n) is 4.10. The van der Waals surface area contributed by atoms with Crippen LogP contribution in [0.2, 0.25) is 0 Å². The number of nitrogens with zero attached hydrogens (tertiary/aromatic N) is 1. The van der Waals surface area contributed by atoms with Gasteiger partial charge in [0.2, 0.25) is 0 Å². The summed E-state index contributed by atoms with van der Waals surface area (Å²) in [5.41, 5.74) is 2.74. The van der Waals surface area contributed by atoms with Crippen LogP contribution in [0.15, 0.2) is 5.03 Å². The summed E-state index contributed by atoms with van der Waals surface area (Å²) in [4.78, 5) is 0. The van der Waals surface area contributed by atoms with Crippen molar-refractivity contribution in [2.24, 2.45) is 7.05 Å². The lowest BCUT2D eigenvalue weighted by molar-refractivity contribution is 0.253. The molecule has 74 valence electrons. The molecule has 0 radical (unpaired) electrons. The third-order valence-corrected chi connectivity index (χ3v) is 3.30. The van der Waals surface area contributed by atoms with Crippen LogP contribution in [0.3, 0.4) is 0 Å². The molecule has 0 saturated heterocycles. The van der Waals surface area contributed by atoms with Crippen LogP contribution in [0.1, 0.15) is 16.8 Å². The molecule has 0 atom stereocenters. The third-order valence-electron chi connectivity index (χ3n) is 2.33. The molecule has 0 aliphatic carbocycles. The van der Waals surface area contributed by atoms with Crippen LogP contribution in [-0.2, 0) is 20.3 Å². The molecule has 0 fully saturated rings. The average molecular weight is 201 g/mol. The second kappa shape index (κ2) is 4.17. The monoisotopic (exact) mass is 201 g/mol. The molecule has 0 spiro atoms. The summed E-state index contributed by atoms with van der Waals surface area (Å²) in [6.45, 7) is 1.94. The standard InChI is InChI=1S/C9H15NO2S/c1-6-7(4-11)8(5-12)10(2)9(6)13-3/h11-12H,4-5H2,1-3H3. The molecule has 1 heterocycles. The van der Waals surface area contributed by atoms with Crippen LogP contribution in [0.4, 0.5) is 0 Å². The van der Waals surface area contributed by atoms with E-state index in [0.717, 1.165) is 21.8 Å². The molecule has 0 aromatic carbocycles.